The van der Waals surface area contributed by atoms with Crippen LogP contribution in [0.2, 0.25) is 0 Å². The zero-order chi connectivity index (χ0) is 27.0. The summed E-state index contributed by atoms with van der Waals surface area (Å²) in [7, 11) is 3.06. The van der Waals surface area contributed by atoms with Crippen LogP contribution in [-0.4, -0.2) is 85.5 Å². The highest BCUT2D eigenvalue weighted by molar-refractivity contribution is 6.15. The summed E-state index contributed by atoms with van der Waals surface area (Å²) < 4.78 is 0. The zero-order valence-corrected chi connectivity index (χ0v) is 20.2. The molecule has 1 fully saturated rings. The molecule has 0 spiro atoms. The smallest absolute Gasteiger partial charge is 0.202 e. The van der Waals surface area contributed by atoms with Gasteiger partial charge in [0.2, 0.25) is 5.78 Å². The van der Waals surface area contributed by atoms with Crippen molar-refractivity contribution < 1.29 is 44.7 Å². The molecule has 4 rings (SSSR count). The van der Waals surface area contributed by atoms with E-state index in [2.05, 4.69) is 0 Å². The predicted molar refractivity (Wildman–Crippen MR) is 125 cm³/mol. The molecule has 11 nitrogen and oxygen atoms in total. The van der Waals surface area contributed by atoms with Crippen LogP contribution in [0.4, 0.5) is 0 Å². The Hall–Kier alpha value is -3.38. The number of hydrogen-bond acceptors (Lipinski definition) is 11. The van der Waals surface area contributed by atoms with Crippen LogP contribution in [0.3, 0.4) is 0 Å². The van der Waals surface area contributed by atoms with Gasteiger partial charge in [0.25, 0.3) is 0 Å². The first-order chi connectivity index (χ1) is 16.7. The first-order valence-electron chi connectivity index (χ1n) is 11.3. The quantitative estimate of drug-likeness (QED) is 0.243. The number of nitrogens with zero attached hydrogens (tertiary/aromatic N) is 1. The van der Waals surface area contributed by atoms with Gasteiger partial charge in [0.15, 0.2) is 23.0 Å². The molecule has 0 radical (unpaired) electrons. The third-order valence-corrected chi connectivity index (χ3v) is 7.57. The van der Waals surface area contributed by atoms with Gasteiger partial charge in [-0.15, -0.1) is 0 Å². The molecule has 0 aromatic heterocycles. The second kappa shape index (κ2) is 8.34. The minimum absolute atomic E-state index is 0.0150. The average Bonchev–Trinajstić information content (AvgIpc) is 2.75. The van der Waals surface area contributed by atoms with Crippen molar-refractivity contribution in [2.45, 2.75) is 44.6 Å². The number of aliphatic hydroxyl groups excluding tert-OH is 3. The standard InChI is InChI=1S/C25H28N2O9/c1-8(28)11-7-12(9(2)29)19(30)16-13(11)5-10-6-14-18(27(3)4)21(32)17(24(26)35)23(34)25(14,36)22(33)15(10)20(16)31/h7,10,14,18,24,30-31,34-36H,5-6,26H2,1-4H3/t10-,14-,18-,24?,25-/m0/s1. The molecule has 0 amide bonds. The van der Waals surface area contributed by atoms with Gasteiger partial charge >= 0.3 is 0 Å². The Bertz CT molecular complexity index is 1310. The summed E-state index contributed by atoms with van der Waals surface area (Å²) in [6.45, 7) is 2.44. The van der Waals surface area contributed by atoms with Crippen LogP contribution in [0.15, 0.2) is 23.0 Å². The Kier molecular flexibility index (Phi) is 5.96. The summed E-state index contributed by atoms with van der Waals surface area (Å²) in [5.41, 5.74) is 1.58. The van der Waals surface area contributed by atoms with Crippen molar-refractivity contribution in [3.63, 3.8) is 0 Å². The van der Waals surface area contributed by atoms with E-state index in [1.54, 1.807) is 0 Å². The maximum absolute atomic E-state index is 13.8. The van der Waals surface area contributed by atoms with Crippen LogP contribution in [0.5, 0.6) is 5.75 Å². The van der Waals surface area contributed by atoms with E-state index >= 15 is 0 Å². The molecule has 0 saturated heterocycles. The van der Waals surface area contributed by atoms with E-state index in [-0.39, 0.29) is 40.7 Å². The summed E-state index contributed by atoms with van der Waals surface area (Å²) in [4.78, 5) is 52.9. The molecule has 1 aromatic carbocycles. The number of carbonyl (C=O) groups is 4. The minimum atomic E-state index is -2.70. The van der Waals surface area contributed by atoms with Crippen LogP contribution in [0, 0.1) is 11.8 Å². The highest BCUT2D eigenvalue weighted by atomic mass is 16.4. The van der Waals surface area contributed by atoms with E-state index in [1.165, 1.54) is 38.9 Å². The first-order valence-corrected chi connectivity index (χ1v) is 11.3. The summed E-state index contributed by atoms with van der Waals surface area (Å²) in [5, 5.41) is 54.5. The van der Waals surface area contributed by atoms with Crippen molar-refractivity contribution in [2.24, 2.45) is 17.6 Å². The van der Waals surface area contributed by atoms with Gasteiger partial charge in [0.05, 0.1) is 22.7 Å². The largest absolute Gasteiger partial charge is 0.508 e. The molecule has 3 aliphatic carbocycles. The monoisotopic (exact) mass is 500 g/mol. The number of ketones is 4. The van der Waals surface area contributed by atoms with Gasteiger partial charge in [-0.3, -0.25) is 24.1 Å². The van der Waals surface area contributed by atoms with E-state index in [1.807, 2.05) is 0 Å². The molecule has 1 unspecified atom stereocenters. The van der Waals surface area contributed by atoms with Crippen LogP contribution in [0.1, 0.15) is 52.1 Å². The maximum atomic E-state index is 13.8. The zero-order valence-electron chi connectivity index (χ0n) is 20.2. The molecular formula is C25H28N2O9. The molecule has 0 heterocycles. The van der Waals surface area contributed by atoms with Crippen LogP contribution < -0.4 is 5.73 Å². The second-order valence-electron chi connectivity index (χ2n) is 9.87. The van der Waals surface area contributed by atoms with Gasteiger partial charge in [-0.1, -0.05) is 0 Å². The number of Topliss-reactive ketones (excluding diaryl/α,β-unsaturated/α-hetero) is 4. The van der Waals surface area contributed by atoms with E-state index in [0.29, 0.717) is 0 Å². The lowest BCUT2D eigenvalue weighted by molar-refractivity contribution is -0.154. The third kappa shape index (κ3) is 3.27. The fourth-order valence-corrected chi connectivity index (χ4v) is 5.97. The number of likely N-dealkylation sites (N-methyl/N-ethyl adjacent to an activating group) is 1. The molecule has 5 atom stereocenters. The lowest BCUT2D eigenvalue weighted by atomic mass is 9.57. The van der Waals surface area contributed by atoms with Crippen LogP contribution in [-0.2, 0) is 16.0 Å². The summed E-state index contributed by atoms with van der Waals surface area (Å²) in [5.74, 6) is -7.29. The number of carbonyl (C=O) groups excluding carboxylic acids is 4. The van der Waals surface area contributed by atoms with Crippen molar-refractivity contribution in [1.29, 1.82) is 0 Å². The molecule has 3 aliphatic rings. The Labute approximate surface area is 206 Å². The lowest BCUT2D eigenvalue weighted by Gasteiger charge is -2.50. The Morgan fingerprint density at radius 2 is 1.69 bits per heavy atom. The number of benzene rings is 1. The first kappa shape index (κ1) is 25.7. The Balaban J connectivity index is 2.03. The highest BCUT2D eigenvalue weighted by Gasteiger charge is 2.64. The van der Waals surface area contributed by atoms with E-state index < -0.39 is 75.7 Å². The topological polar surface area (TPSA) is 199 Å². The molecule has 0 bridgehead atoms. The van der Waals surface area contributed by atoms with Crippen LogP contribution >= 0.6 is 0 Å². The van der Waals surface area contributed by atoms with Crippen molar-refractivity contribution in [3.8, 4) is 5.75 Å². The van der Waals surface area contributed by atoms with Gasteiger partial charge in [-0.05, 0) is 58.3 Å². The number of aromatic hydroxyl groups is 1. The van der Waals surface area contributed by atoms with Crippen molar-refractivity contribution >= 4 is 28.9 Å². The molecular weight excluding hydrogens is 472 g/mol. The number of phenolic OH excluding ortho intramolecular Hbond substituents is 1. The normalized spacial score (nSPS) is 28.6. The fraction of sp³-hybridized carbons (Fsp3) is 0.440. The minimum Gasteiger partial charge on any atom is -0.508 e. The number of rotatable bonds is 4. The predicted octanol–water partition coefficient (Wildman–Crippen LogP) is 0.161. The number of phenols is 1. The average molecular weight is 501 g/mol. The Morgan fingerprint density at radius 1 is 1.11 bits per heavy atom. The highest BCUT2D eigenvalue weighted by Crippen LogP contribution is 2.53. The van der Waals surface area contributed by atoms with Gasteiger partial charge in [0.1, 0.15) is 23.5 Å². The van der Waals surface area contributed by atoms with Crippen molar-refractivity contribution in [3.05, 3.63) is 45.2 Å². The SMILES string of the molecule is CC(=O)c1cc(C(C)=O)c2c(c1O)C(O)=C1C(=O)[C@]3(O)C(O)=C(C(N)O)C(=O)[C@@H](N(C)C)[C@@H]3C[C@@H]1C2. The number of nitrogens with two attached hydrogens (primary N) is 1. The van der Waals surface area contributed by atoms with Crippen molar-refractivity contribution in [1.82, 2.24) is 4.90 Å². The number of aliphatic hydroxyl groups is 4. The lowest BCUT2D eigenvalue weighted by Crippen LogP contribution is -2.66. The number of hydrogen-bond donors (Lipinski definition) is 6. The molecule has 7 N–H and O–H groups in total. The second-order valence-corrected chi connectivity index (χ2v) is 9.87. The van der Waals surface area contributed by atoms with E-state index in [4.69, 9.17) is 5.73 Å². The summed E-state index contributed by atoms with van der Waals surface area (Å²) in [6.07, 6.45) is -2.07. The summed E-state index contributed by atoms with van der Waals surface area (Å²) >= 11 is 0. The molecule has 1 aromatic rings. The molecule has 36 heavy (non-hydrogen) atoms. The Morgan fingerprint density at radius 3 is 2.19 bits per heavy atom. The van der Waals surface area contributed by atoms with Crippen LogP contribution in [0.25, 0.3) is 5.76 Å². The molecule has 1 saturated carbocycles. The third-order valence-electron chi connectivity index (χ3n) is 7.57. The molecule has 11 heteroatoms. The van der Waals surface area contributed by atoms with E-state index in [0.717, 1.165) is 0 Å². The summed E-state index contributed by atoms with van der Waals surface area (Å²) in [6, 6.07) is 0.0998. The van der Waals surface area contributed by atoms with Crippen molar-refractivity contribution in [2.75, 3.05) is 14.1 Å². The maximum Gasteiger partial charge on any atom is 0.202 e. The van der Waals surface area contributed by atoms with Gasteiger partial charge in [-0.2, -0.15) is 0 Å². The molecule has 192 valence electrons. The fourth-order valence-electron chi connectivity index (χ4n) is 5.97. The van der Waals surface area contributed by atoms with E-state index in [9.17, 15) is 44.7 Å². The number of fused-ring (bicyclic) bond motifs is 3. The molecule has 0 aliphatic heterocycles. The van der Waals surface area contributed by atoms with Gasteiger partial charge in [0, 0.05) is 17.1 Å². The van der Waals surface area contributed by atoms with Gasteiger partial charge in [-0.25, -0.2) is 0 Å². The van der Waals surface area contributed by atoms with Gasteiger partial charge < -0.3 is 31.3 Å².